The number of non-ortho nitro benzene ring substituents is 1. The van der Waals surface area contributed by atoms with Gasteiger partial charge in [-0.2, -0.15) is 10.2 Å². The van der Waals surface area contributed by atoms with Gasteiger partial charge in [0.1, 0.15) is 18.2 Å². The maximum Gasteiger partial charge on any atom is 0.269 e. The zero-order valence-electron chi connectivity index (χ0n) is 24.1. The van der Waals surface area contributed by atoms with Crippen molar-refractivity contribution >= 4 is 40.9 Å². The Balaban J connectivity index is 1.17. The van der Waals surface area contributed by atoms with Gasteiger partial charge in [0.15, 0.2) is 12.1 Å². The monoisotopic (exact) mass is 625 g/mol. The molecular formula is C32H25F2N7O5. The number of anilines is 1. The topological polar surface area (TPSA) is 141 Å². The molecule has 1 saturated carbocycles. The summed E-state index contributed by atoms with van der Waals surface area (Å²) >= 11 is 0. The lowest BCUT2D eigenvalue weighted by atomic mass is 9.77. The van der Waals surface area contributed by atoms with Crippen LogP contribution in [-0.4, -0.2) is 57.0 Å². The summed E-state index contributed by atoms with van der Waals surface area (Å²) in [5.74, 6) is -2.81. The fraction of sp³-hybridized carbons (Fsp3) is 0.250. The zero-order chi connectivity index (χ0) is 32.1. The van der Waals surface area contributed by atoms with Gasteiger partial charge in [-0.15, -0.1) is 0 Å². The van der Waals surface area contributed by atoms with Gasteiger partial charge in [0.25, 0.3) is 23.4 Å². The number of halogens is 2. The third-order valence-corrected chi connectivity index (χ3v) is 8.65. The Morgan fingerprint density at radius 2 is 1.61 bits per heavy atom. The average Bonchev–Trinajstić information content (AvgIpc) is 3.72. The standard InChI is InChI=1S/C32H25F2N7O5/c33-21-8-4-18(5-9-21)16-20-2-1-3-25-27(20)36-40(29(25)19-6-10-22(34)11-7-19)26(42)17-38-30-28(35-37-38)31(43)39(32(30)44)23-12-14-24(15-13-23)41(45)46/h4-16,25,28-30H,1-3,17H2. The molecule has 0 N–H and O–H groups in total. The number of benzene rings is 3. The Labute approximate surface area is 260 Å². The second-order valence-corrected chi connectivity index (χ2v) is 11.4. The van der Waals surface area contributed by atoms with Gasteiger partial charge in [0.2, 0.25) is 0 Å². The van der Waals surface area contributed by atoms with Crippen molar-refractivity contribution in [3.05, 3.63) is 111 Å². The molecular weight excluding hydrogens is 600 g/mol. The third-order valence-electron chi connectivity index (χ3n) is 8.65. The molecule has 46 heavy (non-hydrogen) atoms. The summed E-state index contributed by atoms with van der Waals surface area (Å²) in [4.78, 5) is 52.0. The van der Waals surface area contributed by atoms with Crippen molar-refractivity contribution in [3.8, 4) is 0 Å². The van der Waals surface area contributed by atoms with E-state index in [1.54, 1.807) is 24.3 Å². The van der Waals surface area contributed by atoms with E-state index in [1.165, 1.54) is 53.5 Å². The van der Waals surface area contributed by atoms with Crippen LogP contribution in [0.25, 0.3) is 6.08 Å². The van der Waals surface area contributed by atoms with Crippen LogP contribution in [0.1, 0.15) is 36.4 Å². The third kappa shape index (κ3) is 5.01. The number of nitro groups is 1. The van der Waals surface area contributed by atoms with E-state index in [1.807, 2.05) is 6.08 Å². The molecule has 0 bridgehead atoms. The summed E-state index contributed by atoms with van der Waals surface area (Å²) in [6.45, 7) is -0.421. The molecule has 1 saturated heterocycles. The smallest absolute Gasteiger partial charge is 0.269 e. The molecule has 3 aliphatic heterocycles. The largest absolute Gasteiger partial charge is 0.271 e. The maximum atomic E-state index is 14.0. The van der Waals surface area contributed by atoms with Crippen molar-refractivity contribution in [2.24, 2.45) is 21.4 Å². The molecule has 0 spiro atoms. The number of imide groups is 1. The van der Waals surface area contributed by atoms with Crippen molar-refractivity contribution in [1.29, 1.82) is 0 Å². The molecule has 0 radical (unpaired) electrons. The van der Waals surface area contributed by atoms with Crippen molar-refractivity contribution in [1.82, 2.24) is 10.0 Å². The van der Waals surface area contributed by atoms with E-state index in [2.05, 4.69) is 10.3 Å². The molecule has 4 aliphatic rings. The molecule has 7 rings (SSSR count). The quantitative estimate of drug-likeness (QED) is 0.215. The van der Waals surface area contributed by atoms with Crippen LogP contribution in [0.2, 0.25) is 0 Å². The fourth-order valence-electron chi connectivity index (χ4n) is 6.50. The summed E-state index contributed by atoms with van der Waals surface area (Å²) in [7, 11) is 0. The average molecular weight is 626 g/mol. The van der Waals surface area contributed by atoms with Crippen LogP contribution < -0.4 is 4.90 Å². The Bertz CT molecular complexity index is 1840. The van der Waals surface area contributed by atoms with Gasteiger partial charge in [-0.05, 0) is 78.4 Å². The molecule has 14 heteroatoms. The molecule has 3 heterocycles. The number of carbonyl (C=O) groups excluding carboxylic acids is 3. The van der Waals surface area contributed by atoms with E-state index in [4.69, 9.17) is 5.10 Å². The molecule has 2 fully saturated rings. The number of carbonyl (C=O) groups is 3. The first-order valence-corrected chi connectivity index (χ1v) is 14.6. The molecule has 1 aliphatic carbocycles. The first-order valence-electron chi connectivity index (χ1n) is 14.6. The highest BCUT2D eigenvalue weighted by Crippen LogP contribution is 2.45. The number of nitrogens with zero attached hydrogens (tertiary/aromatic N) is 7. The normalized spacial score (nSPS) is 24.4. The summed E-state index contributed by atoms with van der Waals surface area (Å²) in [6.07, 6.45) is 4.16. The molecule has 4 atom stereocenters. The Kier molecular flexibility index (Phi) is 7.18. The van der Waals surface area contributed by atoms with Crippen LogP contribution in [0, 0.1) is 27.7 Å². The highest BCUT2D eigenvalue weighted by molar-refractivity contribution is 6.25. The number of hydrazone groups is 1. The Hall–Kier alpha value is -5.66. The minimum atomic E-state index is -1.18. The van der Waals surface area contributed by atoms with Crippen LogP contribution in [0.4, 0.5) is 20.2 Å². The first-order chi connectivity index (χ1) is 22.2. The van der Waals surface area contributed by atoms with Gasteiger partial charge in [0, 0.05) is 18.1 Å². The number of hydrogen-bond donors (Lipinski definition) is 0. The van der Waals surface area contributed by atoms with Crippen LogP contribution in [0.5, 0.6) is 0 Å². The molecule has 232 valence electrons. The summed E-state index contributed by atoms with van der Waals surface area (Å²) in [6, 6.07) is 14.0. The summed E-state index contributed by atoms with van der Waals surface area (Å²) in [5.41, 5.74) is 3.02. The second kappa shape index (κ2) is 11.4. The highest BCUT2D eigenvalue weighted by atomic mass is 19.1. The maximum absolute atomic E-state index is 14.0. The molecule has 4 unspecified atom stereocenters. The van der Waals surface area contributed by atoms with Gasteiger partial charge in [0.05, 0.1) is 22.4 Å². The number of allylic oxidation sites excluding steroid dienone is 1. The second-order valence-electron chi connectivity index (χ2n) is 11.4. The molecule has 3 aromatic rings. The number of amides is 3. The first kappa shape index (κ1) is 29.1. The van der Waals surface area contributed by atoms with Crippen LogP contribution in [0.15, 0.2) is 93.8 Å². The molecule has 0 aromatic heterocycles. The van der Waals surface area contributed by atoms with E-state index >= 15 is 0 Å². The minimum absolute atomic E-state index is 0.142. The lowest BCUT2D eigenvalue weighted by Crippen LogP contribution is -2.45. The van der Waals surface area contributed by atoms with Gasteiger partial charge in [-0.1, -0.05) is 29.5 Å². The zero-order valence-corrected chi connectivity index (χ0v) is 24.1. The SMILES string of the molecule is O=C1C2N=NN(CC(=O)N3N=C4C(=Cc5ccc(F)cc5)CCCC4C3c3ccc(F)cc3)C2C(=O)N1c1ccc([N+](=O)[O-])cc1. The molecule has 3 amide bonds. The number of rotatable bonds is 6. The number of hydrogen-bond acceptors (Lipinski definition) is 9. The van der Waals surface area contributed by atoms with E-state index in [-0.39, 0.29) is 23.1 Å². The van der Waals surface area contributed by atoms with Crippen LogP contribution >= 0.6 is 0 Å². The van der Waals surface area contributed by atoms with Crippen LogP contribution in [0.3, 0.4) is 0 Å². The predicted molar refractivity (Wildman–Crippen MR) is 160 cm³/mol. The fourth-order valence-corrected chi connectivity index (χ4v) is 6.50. The summed E-state index contributed by atoms with van der Waals surface area (Å²) < 4.78 is 27.4. The predicted octanol–water partition coefficient (Wildman–Crippen LogP) is 4.99. The van der Waals surface area contributed by atoms with Crippen molar-refractivity contribution in [2.45, 2.75) is 37.4 Å². The van der Waals surface area contributed by atoms with Crippen molar-refractivity contribution < 1.29 is 28.1 Å². The summed E-state index contributed by atoms with van der Waals surface area (Å²) in [5, 5.41) is 26.3. The van der Waals surface area contributed by atoms with Gasteiger partial charge in [-0.3, -0.25) is 29.5 Å². The minimum Gasteiger partial charge on any atom is -0.271 e. The highest BCUT2D eigenvalue weighted by Gasteiger charge is 2.55. The van der Waals surface area contributed by atoms with E-state index in [0.29, 0.717) is 17.7 Å². The van der Waals surface area contributed by atoms with Gasteiger partial charge >= 0.3 is 0 Å². The van der Waals surface area contributed by atoms with E-state index < -0.39 is 53.1 Å². The Morgan fingerprint density at radius 3 is 2.28 bits per heavy atom. The van der Waals surface area contributed by atoms with Crippen molar-refractivity contribution in [3.63, 3.8) is 0 Å². The van der Waals surface area contributed by atoms with Crippen LogP contribution in [-0.2, 0) is 14.4 Å². The lowest BCUT2D eigenvalue weighted by molar-refractivity contribution is -0.384. The van der Waals surface area contributed by atoms with E-state index in [0.717, 1.165) is 33.9 Å². The number of fused-ring (bicyclic) bond motifs is 2. The molecule has 12 nitrogen and oxygen atoms in total. The van der Waals surface area contributed by atoms with Gasteiger partial charge < -0.3 is 0 Å². The Morgan fingerprint density at radius 1 is 0.935 bits per heavy atom. The number of nitro benzene ring substituents is 1. The van der Waals surface area contributed by atoms with Crippen molar-refractivity contribution in [2.75, 3.05) is 11.4 Å². The van der Waals surface area contributed by atoms with E-state index in [9.17, 15) is 33.3 Å². The molecule has 3 aromatic carbocycles. The lowest BCUT2D eigenvalue weighted by Gasteiger charge is -2.30. The van der Waals surface area contributed by atoms with Gasteiger partial charge in [-0.25, -0.2) is 18.7 Å².